The molecular formula is C24H26O4S6. The van der Waals surface area contributed by atoms with Gasteiger partial charge in [-0.3, -0.25) is 0 Å². The number of hydrogen-bond donors (Lipinski definition) is 0. The fourth-order valence-corrected chi connectivity index (χ4v) is 11.4. The maximum atomic E-state index is 12.8. The van der Waals surface area contributed by atoms with E-state index in [9.17, 15) is 16.8 Å². The number of hydrogen-bond acceptors (Lipinski definition) is 8. The highest BCUT2D eigenvalue weighted by molar-refractivity contribution is 7.95. The van der Waals surface area contributed by atoms with Gasteiger partial charge in [-0.15, -0.1) is 45.3 Å². The molecule has 4 rings (SSSR count). The molecule has 4 nitrogen and oxygen atoms in total. The summed E-state index contributed by atoms with van der Waals surface area (Å²) in [6.07, 6.45) is 0. The SMILES string of the molecule is CC(C)(C)S(=O)(=O)c1ccc(-c2ccc(-c3ccc(-c4ccc(S(=O)(=O)C(C)(C)C)s4)s3)s2)s1. The Bertz CT molecular complexity index is 1430. The van der Waals surface area contributed by atoms with Crippen LogP contribution in [0.2, 0.25) is 0 Å². The summed E-state index contributed by atoms with van der Waals surface area (Å²) < 4.78 is 50.1. The molecule has 0 amide bonds. The Hall–Kier alpha value is -1.30. The molecule has 0 aliphatic carbocycles. The molecular weight excluding hydrogens is 545 g/mol. The number of rotatable bonds is 5. The molecule has 0 bridgehead atoms. The van der Waals surface area contributed by atoms with Crippen molar-refractivity contribution in [3.8, 4) is 29.3 Å². The van der Waals surface area contributed by atoms with Gasteiger partial charge >= 0.3 is 0 Å². The molecule has 0 aromatic carbocycles. The maximum absolute atomic E-state index is 12.8. The Labute approximate surface area is 217 Å². The predicted molar refractivity (Wildman–Crippen MR) is 148 cm³/mol. The van der Waals surface area contributed by atoms with E-state index >= 15 is 0 Å². The number of sulfone groups is 2. The highest BCUT2D eigenvalue weighted by atomic mass is 32.2. The van der Waals surface area contributed by atoms with Gasteiger partial charge in [0.25, 0.3) is 0 Å². The molecule has 0 aliphatic heterocycles. The van der Waals surface area contributed by atoms with Crippen molar-refractivity contribution in [2.45, 2.75) is 59.5 Å². The van der Waals surface area contributed by atoms with Crippen molar-refractivity contribution in [1.29, 1.82) is 0 Å². The zero-order valence-corrected chi connectivity index (χ0v) is 24.6. The summed E-state index contributed by atoms with van der Waals surface area (Å²) in [5.41, 5.74) is 0. The third-order valence-corrected chi connectivity index (χ3v) is 16.1. The van der Waals surface area contributed by atoms with Crippen molar-refractivity contribution in [2.75, 3.05) is 0 Å². The summed E-state index contributed by atoms with van der Waals surface area (Å²) in [6, 6.07) is 15.3. The van der Waals surface area contributed by atoms with Gasteiger partial charge < -0.3 is 0 Å². The molecule has 34 heavy (non-hydrogen) atoms. The Morgan fingerprint density at radius 1 is 0.441 bits per heavy atom. The Morgan fingerprint density at radius 2 is 0.676 bits per heavy atom. The first kappa shape index (κ1) is 25.8. The highest BCUT2D eigenvalue weighted by Gasteiger charge is 2.33. The third-order valence-electron chi connectivity index (χ3n) is 5.25. The lowest BCUT2D eigenvalue weighted by atomic mass is 10.3. The zero-order valence-electron chi connectivity index (χ0n) is 19.7. The molecule has 0 fully saturated rings. The quantitative estimate of drug-likeness (QED) is 0.243. The highest BCUT2D eigenvalue weighted by Crippen LogP contribution is 2.44. The van der Waals surface area contributed by atoms with Gasteiger partial charge in [-0.05, 0) is 90.1 Å². The van der Waals surface area contributed by atoms with Crippen LogP contribution in [-0.2, 0) is 19.7 Å². The van der Waals surface area contributed by atoms with E-state index in [1.807, 2.05) is 24.3 Å². The second-order valence-electron chi connectivity index (χ2n) is 9.80. The average molecular weight is 571 g/mol. The molecule has 0 atom stereocenters. The molecule has 0 spiro atoms. The molecule has 0 radical (unpaired) electrons. The molecule has 0 aliphatic rings. The molecule has 182 valence electrons. The topological polar surface area (TPSA) is 68.3 Å². The van der Waals surface area contributed by atoms with Gasteiger partial charge in [-0.2, -0.15) is 0 Å². The Balaban J connectivity index is 1.59. The van der Waals surface area contributed by atoms with Crippen molar-refractivity contribution < 1.29 is 16.8 Å². The number of thiophene rings is 4. The molecule has 4 aromatic rings. The smallest absolute Gasteiger partial charge is 0.192 e. The van der Waals surface area contributed by atoms with Crippen LogP contribution in [0, 0.1) is 0 Å². The molecule has 4 heterocycles. The van der Waals surface area contributed by atoms with Gasteiger partial charge in [0.1, 0.15) is 8.42 Å². The van der Waals surface area contributed by atoms with E-state index in [-0.39, 0.29) is 0 Å². The summed E-state index contributed by atoms with van der Waals surface area (Å²) in [5, 5.41) is 0. The van der Waals surface area contributed by atoms with Gasteiger partial charge in [-0.1, -0.05) is 0 Å². The minimum atomic E-state index is -3.37. The van der Waals surface area contributed by atoms with Gasteiger partial charge in [0.05, 0.1) is 9.49 Å². The normalized spacial score (nSPS) is 13.5. The monoisotopic (exact) mass is 570 g/mol. The van der Waals surface area contributed by atoms with Gasteiger partial charge in [0, 0.05) is 29.3 Å². The lowest BCUT2D eigenvalue weighted by molar-refractivity contribution is 0.561. The summed E-state index contributed by atoms with van der Waals surface area (Å²) >= 11 is 5.87. The zero-order chi connectivity index (χ0) is 25.1. The van der Waals surface area contributed by atoms with Crippen LogP contribution in [0.25, 0.3) is 29.3 Å². The van der Waals surface area contributed by atoms with Crippen LogP contribution >= 0.6 is 45.3 Å². The molecule has 10 heteroatoms. The lowest BCUT2D eigenvalue weighted by Crippen LogP contribution is -2.27. The van der Waals surface area contributed by atoms with Crippen LogP contribution in [0.4, 0.5) is 0 Å². The van der Waals surface area contributed by atoms with Crippen molar-refractivity contribution >= 4 is 65.0 Å². The van der Waals surface area contributed by atoms with Crippen molar-refractivity contribution in [3.05, 3.63) is 48.5 Å². The summed E-state index contributed by atoms with van der Waals surface area (Å²) in [6.45, 7) is 10.3. The van der Waals surface area contributed by atoms with Crippen LogP contribution in [0.1, 0.15) is 41.5 Å². The van der Waals surface area contributed by atoms with Gasteiger partial charge in [0.15, 0.2) is 19.7 Å². The van der Waals surface area contributed by atoms with Crippen molar-refractivity contribution in [3.63, 3.8) is 0 Å². The first-order valence-corrected chi connectivity index (χ1v) is 16.7. The van der Waals surface area contributed by atoms with Crippen LogP contribution in [-0.4, -0.2) is 26.3 Å². The minimum absolute atomic E-state index is 0.391. The van der Waals surface area contributed by atoms with E-state index in [2.05, 4.69) is 12.1 Å². The molecule has 4 aromatic heterocycles. The van der Waals surface area contributed by atoms with E-state index in [4.69, 9.17) is 0 Å². The second-order valence-corrected chi connectivity index (χ2v) is 20.0. The first-order valence-electron chi connectivity index (χ1n) is 10.5. The second kappa shape index (κ2) is 8.67. The summed E-state index contributed by atoms with van der Waals surface area (Å²) in [4.78, 5) is 6.12. The molecule has 0 saturated carbocycles. The standard InChI is InChI=1S/C24H26O4S6/c1-23(2,3)33(25,26)21-13-11-19(31-21)17-9-7-15(29-17)16-8-10-18(30-16)20-12-14-22(32-20)34(27,28)24(4,5)6/h7-14H,1-6H3. The van der Waals surface area contributed by atoms with Gasteiger partial charge in [0.2, 0.25) is 0 Å². The van der Waals surface area contributed by atoms with Crippen LogP contribution in [0.3, 0.4) is 0 Å². The predicted octanol–water partition coefficient (Wildman–Crippen LogP) is 8.08. The largest absolute Gasteiger partial charge is 0.222 e. The van der Waals surface area contributed by atoms with Gasteiger partial charge in [-0.25, -0.2) is 16.8 Å². The first-order chi connectivity index (χ1) is 15.6. The molecule has 0 saturated heterocycles. The fraction of sp³-hybridized carbons (Fsp3) is 0.333. The van der Waals surface area contributed by atoms with Crippen molar-refractivity contribution in [1.82, 2.24) is 0 Å². The van der Waals surface area contributed by atoms with E-state index in [1.54, 1.807) is 76.3 Å². The average Bonchev–Trinajstić information content (AvgIpc) is 3.52. The molecule has 0 N–H and O–H groups in total. The maximum Gasteiger partial charge on any atom is 0.192 e. The van der Waals surface area contributed by atoms with E-state index in [0.717, 1.165) is 29.3 Å². The molecule has 0 unspecified atom stereocenters. The third kappa shape index (κ3) is 4.60. The van der Waals surface area contributed by atoms with E-state index in [0.29, 0.717) is 8.42 Å². The van der Waals surface area contributed by atoms with Crippen LogP contribution in [0.5, 0.6) is 0 Å². The Kier molecular flexibility index (Phi) is 6.58. The van der Waals surface area contributed by atoms with Crippen LogP contribution in [0.15, 0.2) is 56.9 Å². The van der Waals surface area contributed by atoms with Crippen LogP contribution < -0.4 is 0 Å². The minimum Gasteiger partial charge on any atom is -0.222 e. The van der Waals surface area contributed by atoms with E-state index < -0.39 is 29.2 Å². The van der Waals surface area contributed by atoms with Crippen molar-refractivity contribution in [2.24, 2.45) is 0 Å². The summed E-state index contributed by atoms with van der Waals surface area (Å²) in [7, 11) is -6.74. The lowest BCUT2D eigenvalue weighted by Gasteiger charge is -2.17. The van der Waals surface area contributed by atoms with E-state index in [1.165, 1.54) is 22.7 Å². The Morgan fingerprint density at radius 3 is 0.941 bits per heavy atom. The summed E-state index contributed by atoms with van der Waals surface area (Å²) in [5.74, 6) is 0. The fourth-order valence-electron chi connectivity index (χ4n) is 3.00.